The minimum absolute atomic E-state index is 1.05. The van der Waals surface area contributed by atoms with Crippen molar-refractivity contribution in [3.63, 3.8) is 0 Å². The van der Waals surface area contributed by atoms with Gasteiger partial charge in [-0.25, -0.2) is 0 Å². The second-order valence-electron chi connectivity index (χ2n) is 3.09. The highest BCUT2D eigenvalue weighted by Crippen LogP contribution is 1.99. The van der Waals surface area contributed by atoms with Crippen molar-refractivity contribution in [3.8, 4) is 0 Å². The summed E-state index contributed by atoms with van der Waals surface area (Å²) < 4.78 is 0. The van der Waals surface area contributed by atoms with Gasteiger partial charge in [-0.2, -0.15) is 0 Å². The van der Waals surface area contributed by atoms with Gasteiger partial charge < -0.3 is 0 Å². The van der Waals surface area contributed by atoms with Crippen molar-refractivity contribution in [2.45, 2.75) is 26.6 Å². The first-order valence-electron chi connectivity index (χ1n) is 3.28. The van der Waals surface area contributed by atoms with E-state index in [0.717, 1.165) is 0 Å². The van der Waals surface area contributed by atoms with E-state index in [2.05, 4.69) is 25.3 Å². The van der Waals surface area contributed by atoms with Gasteiger partial charge in [0.15, 0.2) is 0 Å². The summed E-state index contributed by atoms with van der Waals surface area (Å²) in [7, 11) is -1.05. The van der Waals surface area contributed by atoms with Crippen LogP contribution in [-0.2, 0) is 0 Å². The molecule has 0 atom stereocenters. The Labute approximate surface area is 59.3 Å². The normalized spacial score (nSPS) is 13.8. The van der Waals surface area contributed by atoms with Crippen molar-refractivity contribution < 1.29 is 0 Å². The topological polar surface area (TPSA) is 0 Å². The van der Waals surface area contributed by atoms with E-state index in [4.69, 9.17) is 0 Å². The highest BCUT2D eigenvalue weighted by Gasteiger charge is 2.05. The van der Waals surface area contributed by atoms with Gasteiger partial charge in [0.05, 0.1) is 8.07 Å². The fourth-order valence-corrected chi connectivity index (χ4v) is 0.991. The summed E-state index contributed by atoms with van der Waals surface area (Å²) in [5.74, 6) is 0. The third-order valence-electron chi connectivity index (χ3n) is 0.805. The zero-order valence-corrected chi connectivity index (χ0v) is 7.73. The molecular formula is C8H15Si. The third-order valence-corrected chi connectivity index (χ3v) is 1.84. The fraction of sp³-hybridized carbons (Fsp3) is 0.500. The lowest BCUT2D eigenvalue weighted by Gasteiger charge is -2.05. The molecule has 0 bridgehead atoms. The largest absolute Gasteiger partial charge is 0.0877 e. The van der Waals surface area contributed by atoms with Crippen LogP contribution in [0.3, 0.4) is 0 Å². The first-order chi connectivity index (χ1) is 4.06. The van der Waals surface area contributed by atoms with Gasteiger partial charge in [0.2, 0.25) is 0 Å². The average Bonchev–Trinajstić information content (AvgIpc) is 1.63. The van der Waals surface area contributed by atoms with Gasteiger partial charge in [-0.05, 0) is 6.92 Å². The highest BCUT2D eigenvalue weighted by molar-refractivity contribution is 6.78. The van der Waals surface area contributed by atoms with Gasteiger partial charge in [-0.15, -0.1) is 0 Å². The van der Waals surface area contributed by atoms with Crippen molar-refractivity contribution in [1.29, 1.82) is 0 Å². The predicted molar refractivity (Wildman–Crippen MR) is 46.0 cm³/mol. The van der Waals surface area contributed by atoms with E-state index in [0.29, 0.717) is 0 Å². The number of allylic oxidation sites excluding steroid dienone is 3. The van der Waals surface area contributed by atoms with Gasteiger partial charge in [0.25, 0.3) is 0 Å². The summed E-state index contributed by atoms with van der Waals surface area (Å²) in [6.07, 6.45) is 6.07. The second kappa shape index (κ2) is 3.67. The lowest BCUT2D eigenvalue weighted by molar-refractivity contribution is 1.69. The van der Waals surface area contributed by atoms with Crippen LogP contribution in [0.15, 0.2) is 18.2 Å². The van der Waals surface area contributed by atoms with Gasteiger partial charge in [0.1, 0.15) is 0 Å². The third kappa shape index (κ3) is 7.70. The summed E-state index contributed by atoms with van der Waals surface area (Å²) in [5, 5.41) is 0. The number of hydrogen-bond donors (Lipinski definition) is 0. The van der Waals surface area contributed by atoms with Crippen molar-refractivity contribution >= 4 is 8.07 Å². The Kier molecular flexibility index (Phi) is 3.55. The maximum Gasteiger partial charge on any atom is 0.0774 e. The smallest absolute Gasteiger partial charge is 0.0774 e. The summed E-state index contributed by atoms with van der Waals surface area (Å²) in [6, 6.07) is 0. The molecule has 0 saturated heterocycles. The Hall–Kier alpha value is -0.303. The van der Waals surface area contributed by atoms with Crippen LogP contribution in [0.25, 0.3) is 0 Å². The molecule has 0 nitrogen and oxygen atoms in total. The van der Waals surface area contributed by atoms with Crippen molar-refractivity contribution in [2.75, 3.05) is 0 Å². The first kappa shape index (κ1) is 8.70. The molecule has 51 valence electrons. The summed E-state index contributed by atoms with van der Waals surface area (Å²) in [5.41, 5.74) is 3.35. The minimum atomic E-state index is -1.05. The quantitative estimate of drug-likeness (QED) is 0.407. The Morgan fingerprint density at radius 3 is 2.11 bits per heavy atom. The highest BCUT2D eigenvalue weighted by atomic mass is 28.3. The van der Waals surface area contributed by atoms with Crippen molar-refractivity contribution in [1.82, 2.24) is 0 Å². The lowest BCUT2D eigenvalue weighted by atomic mass is 10.5. The molecule has 9 heavy (non-hydrogen) atoms. The lowest BCUT2D eigenvalue weighted by Crippen LogP contribution is -2.15. The summed E-state index contributed by atoms with van der Waals surface area (Å²) in [6.45, 7) is 8.83. The molecule has 0 aliphatic carbocycles. The molecule has 0 heterocycles. The molecule has 0 aromatic rings. The van der Waals surface area contributed by atoms with Crippen LogP contribution < -0.4 is 0 Å². The zero-order valence-electron chi connectivity index (χ0n) is 6.73. The molecule has 0 spiro atoms. The van der Waals surface area contributed by atoms with E-state index in [1.807, 2.05) is 25.2 Å². The minimum Gasteiger partial charge on any atom is -0.0877 e. The van der Waals surface area contributed by atoms with Crippen molar-refractivity contribution in [2.24, 2.45) is 0 Å². The summed E-state index contributed by atoms with van der Waals surface area (Å²) in [4.78, 5) is 0. The molecule has 0 saturated carbocycles. The molecule has 0 amide bonds. The Morgan fingerprint density at radius 1 is 1.22 bits per heavy atom. The monoisotopic (exact) mass is 139 g/mol. The Bertz CT molecular complexity index is 115. The van der Waals surface area contributed by atoms with Crippen LogP contribution in [0.4, 0.5) is 0 Å². The molecule has 0 aliphatic rings. The van der Waals surface area contributed by atoms with E-state index in [1.165, 1.54) is 0 Å². The zero-order chi connectivity index (χ0) is 7.33. The second-order valence-corrected chi connectivity index (χ2v) is 7.88. The Balaban J connectivity index is 3.71. The van der Waals surface area contributed by atoms with E-state index >= 15 is 0 Å². The molecule has 0 aromatic carbocycles. The molecule has 0 fully saturated rings. The molecular weight excluding hydrogens is 124 g/mol. The van der Waals surface area contributed by atoms with Crippen LogP contribution in [0.2, 0.25) is 19.6 Å². The summed E-state index contributed by atoms with van der Waals surface area (Å²) >= 11 is 0. The van der Waals surface area contributed by atoms with Gasteiger partial charge in [0, 0.05) is 0 Å². The fourth-order valence-electron chi connectivity index (χ4n) is 0.394. The van der Waals surface area contributed by atoms with E-state index in [9.17, 15) is 0 Å². The van der Waals surface area contributed by atoms with E-state index in [-0.39, 0.29) is 0 Å². The molecule has 0 unspecified atom stereocenters. The molecule has 1 radical (unpaired) electrons. The first-order valence-corrected chi connectivity index (χ1v) is 6.78. The molecule has 0 aliphatic heterocycles. The van der Waals surface area contributed by atoms with Crippen LogP contribution >= 0.6 is 0 Å². The van der Waals surface area contributed by atoms with Crippen LogP contribution in [0.1, 0.15) is 6.92 Å². The van der Waals surface area contributed by atoms with Crippen LogP contribution in [0.5, 0.6) is 0 Å². The standard InChI is InChI=1S/C8H15Si/c1-5-6-7-8-9(2,3)4/h5-7H,1-4H3/b6-5+,8-7?. The maximum atomic E-state index is 3.35. The molecule has 0 N–H and O–H groups in total. The Morgan fingerprint density at radius 2 is 1.78 bits per heavy atom. The van der Waals surface area contributed by atoms with Crippen molar-refractivity contribution in [3.05, 3.63) is 23.9 Å². The predicted octanol–water partition coefficient (Wildman–Crippen LogP) is 2.80. The molecule has 0 rings (SSSR count). The number of rotatable bonds is 2. The molecule has 0 aromatic heterocycles. The average molecular weight is 139 g/mol. The van der Waals surface area contributed by atoms with E-state index < -0.39 is 8.07 Å². The van der Waals surface area contributed by atoms with Gasteiger partial charge in [-0.3, -0.25) is 0 Å². The van der Waals surface area contributed by atoms with Gasteiger partial charge in [-0.1, -0.05) is 43.6 Å². The maximum absolute atomic E-state index is 3.35. The molecule has 1 heteroatoms. The SMILES string of the molecule is C/C=C/C=[C]\[Si](C)(C)C. The van der Waals surface area contributed by atoms with E-state index in [1.54, 1.807) is 0 Å². The van der Waals surface area contributed by atoms with Gasteiger partial charge >= 0.3 is 0 Å². The van der Waals surface area contributed by atoms with Crippen LogP contribution in [-0.4, -0.2) is 8.07 Å². The number of hydrogen-bond acceptors (Lipinski definition) is 0. The van der Waals surface area contributed by atoms with Crippen LogP contribution in [0, 0.1) is 5.70 Å².